The fraction of sp³-hybridized carbons (Fsp3) is 0.400. The fourth-order valence-electron chi connectivity index (χ4n) is 13.4. The Balaban J connectivity index is 0.000000255. The highest BCUT2D eigenvalue weighted by Gasteiger charge is 2.44. The molecule has 31 nitrogen and oxygen atoms in total. The number of aliphatic hydroxyl groups is 1. The molecule has 13 unspecified atom stereocenters. The maximum atomic E-state index is 14.6. The predicted molar refractivity (Wildman–Crippen MR) is 404 cm³/mol. The molecule has 6 aliphatic rings. The Bertz CT molecular complexity index is 4470. The Morgan fingerprint density at radius 3 is 1.08 bits per heavy atom. The molecule has 6 heterocycles. The topological polar surface area (TPSA) is 394 Å². The minimum absolute atomic E-state index is 0.0240. The molecule has 13 atom stereocenters. The number of rotatable bonds is 6. The summed E-state index contributed by atoms with van der Waals surface area (Å²) in [5.74, 6) is -6.27. The highest BCUT2D eigenvalue weighted by Crippen LogP contribution is 2.36. The number of phenols is 2. The van der Waals surface area contributed by atoms with Crippen molar-refractivity contribution in [3.05, 3.63) is 167 Å². The largest absolute Gasteiger partial charge is 0.504 e. The van der Waals surface area contributed by atoms with Crippen molar-refractivity contribution in [3.8, 4) is 46.0 Å². The molecule has 590 valence electrons. The van der Waals surface area contributed by atoms with Crippen molar-refractivity contribution >= 4 is 70.9 Å². The van der Waals surface area contributed by atoms with E-state index in [9.17, 15) is 72.9 Å². The summed E-state index contributed by atoms with van der Waals surface area (Å²) in [6, 6.07) is 21.1. The number of aromatic hydroxyl groups is 2. The first-order chi connectivity index (χ1) is 52.6. The molecule has 0 radical (unpaired) electrons. The van der Waals surface area contributed by atoms with Crippen molar-refractivity contribution < 1.29 is 91.8 Å². The Morgan fingerprint density at radius 1 is 0.360 bits per heavy atom. The second-order valence-electron chi connectivity index (χ2n) is 28.3. The van der Waals surface area contributed by atoms with E-state index in [1.165, 1.54) is 160 Å². The zero-order valence-electron chi connectivity index (χ0n) is 64.3. The number of likely N-dealkylation sites (N-methyl/N-ethyl adjacent to an activating group) is 6. The van der Waals surface area contributed by atoms with Crippen LogP contribution in [0.3, 0.4) is 0 Å². The lowest BCUT2D eigenvalue weighted by Crippen LogP contribution is -2.62. The summed E-state index contributed by atoms with van der Waals surface area (Å²) >= 11 is 0. The molecule has 6 aromatic rings. The molecule has 0 aromatic heterocycles. The molecule has 0 saturated carbocycles. The van der Waals surface area contributed by atoms with Gasteiger partial charge in [-0.15, -0.1) is 0 Å². The van der Waals surface area contributed by atoms with Crippen molar-refractivity contribution in [1.82, 2.24) is 61.3 Å². The Hall–Kier alpha value is -12.3. The van der Waals surface area contributed by atoms with Crippen LogP contribution < -0.4 is 50.8 Å². The summed E-state index contributed by atoms with van der Waals surface area (Å²) in [6.45, 7) is 8.68. The first kappa shape index (κ1) is 82.8. The molecule has 31 heteroatoms. The lowest BCUT2D eigenvalue weighted by molar-refractivity contribution is -0.153. The molecule has 2 fully saturated rings. The summed E-state index contributed by atoms with van der Waals surface area (Å²) < 4.78 is 22.4. The van der Waals surface area contributed by atoms with Crippen molar-refractivity contribution in [1.29, 1.82) is 0 Å². The van der Waals surface area contributed by atoms with Crippen molar-refractivity contribution in [3.63, 3.8) is 0 Å². The number of carbonyl (C=O) groups excluding carboxylic acids is 12. The molecule has 12 rings (SSSR count). The molecule has 9 N–H and O–H groups in total. The van der Waals surface area contributed by atoms with Crippen molar-refractivity contribution in [2.24, 2.45) is 0 Å². The number of fused-ring (bicyclic) bond motifs is 4. The fourth-order valence-corrected chi connectivity index (χ4v) is 13.4. The van der Waals surface area contributed by atoms with Crippen LogP contribution in [0.5, 0.6) is 46.0 Å². The van der Waals surface area contributed by atoms with Gasteiger partial charge in [0.1, 0.15) is 102 Å². The van der Waals surface area contributed by atoms with E-state index in [-0.39, 0.29) is 60.7 Å². The number of benzene rings is 6. The molecule has 12 amide bonds. The summed E-state index contributed by atoms with van der Waals surface area (Å²) in [4.78, 5) is 175. The highest BCUT2D eigenvalue weighted by molar-refractivity contribution is 6.00. The maximum absolute atomic E-state index is 14.6. The van der Waals surface area contributed by atoms with E-state index in [0.717, 1.165) is 9.80 Å². The van der Waals surface area contributed by atoms with Gasteiger partial charge in [0.25, 0.3) is 0 Å². The van der Waals surface area contributed by atoms with Crippen molar-refractivity contribution in [2.45, 2.75) is 152 Å². The number of nitrogens with one attached hydrogen (secondary N) is 6. The lowest BCUT2D eigenvalue weighted by atomic mass is 9.96. The Morgan fingerprint density at radius 2 is 0.685 bits per heavy atom. The third-order valence-electron chi connectivity index (χ3n) is 20.4. The van der Waals surface area contributed by atoms with Gasteiger partial charge in [-0.05, 0) is 148 Å². The average molecular weight is 1530 g/mol. The highest BCUT2D eigenvalue weighted by atomic mass is 16.5. The minimum atomic E-state index is -1.64. The van der Waals surface area contributed by atoms with Gasteiger partial charge < -0.3 is 95.6 Å². The average Bonchev–Trinajstić information content (AvgIpc) is 0.802. The predicted octanol–water partition coefficient (Wildman–Crippen LogP) is 2.58. The number of amides is 12. The van der Waals surface area contributed by atoms with Gasteiger partial charge in [0, 0.05) is 74.4 Å². The van der Waals surface area contributed by atoms with E-state index < -0.39 is 149 Å². The van der Waals surface area contributed by atoms with Gasteiger partial charge in [0.15, 0.2) is 23.0 Å². The number of aliphatic hydroxyl groups excluding tert-OH is 1. The number of phenolic OH excluding ortho intramolecular Hbond substituents is 2. The second kappa shape index (κ2) is 35.8. The van der Waals surface area contributed by atoms with Gasteiger partial charge in [-0.2, -0.15) is 0 Å². The van der Waals surface area contributed by atoms with Crippen LogP contribution in [0.25, 0.3) is 0 Å². The molecular weight excluding hydrogens is 1430 g/mol. The maximum Gasteiger partial charge on any atom is 0.248 e. The van der Waals surface area contributed by atoms with Crippen LogP contribution in [0.1, 0.15) is 81.0 Å². The molecule has 6 aliphatic heterocycles. The van der Waals surface area contributed by atoms with Gasteiger partial charge in [0.2, 0.25) is 70.9 Å². The van der Waals surface area contributed by atoms with Crippen LogP contribution in [-0.2, 0) is 89.6 Å². The van der Waals surface area contributed by atoms with Crippen LogP contribution >= 0.6 is 0 Å². The summed E-state index contributed by atoms with van der Waals surface area (Å²) in [5, 5.41) is 48.9. The molecule has 0 spiro atoms. The second-order valence-corrected chi connectivity index (χ2v) is 28.3. The van der Waals surface area contributed by atoms with E-state index in [1.807, 2.05) is 0 Å². The van der Waals surface area contributed by atoms with Gasteiger partial charge in [-0.3, -0.25) is 57.5 Å². The number of nitrogens with zero attached hydrogens (tertiary/aromatic N) is 6. The number of hydrogen-bond acceptors (Lipinski definition) is 19. The van der Waals surface area contributed by atoms with Crippen LogP contribution in [0, 0.1) is 0 Å². The van der Waals surface area contributed by atoms with Gasteiger partial charge in [-0.25, -0.2) is 0 Å². The minimum Gasteiger partial charge on any atom is -0.504 e. The molecule has 2 saturated heterocycles. The Labute approximate surface area is 642 Å². The first-order valence-corrected chi connectivity index (χ1v) is 36.1. The number of methoxy groups -OCH3 is 2. The van der Waals surface area contributed by atoms with Crippen molar-refractivity contribution in [2.75, 3.05) is 56.5 Å². The zero-order chi connectivity index (χ0) is 81.1. The van der Waals surface area contributed by atoms with E-state index in [4.69, 9.17) is 18.9 Å². The Kier molecular flexibility index (Phi) is 26.7. The van der Waals surface area contributed by atoms with Crippen LogP contribution in [0.4, 0.5) is 0 Å². The molecular formula is C80H96N12O19. The summed E-state index contributed by atoms with van der Waals surface area (Å²) in [5.41, 5.74) is 3.25. The normalized spacial score (nSPS) is 25.2. The standard InChI is InChI=1S/C40H48N6O10.C40H48N6O9/c1-21-35(49)42-22(2)38(52)44(4)29(18-24-8-13-27(55-7)14-9-24)37(51)43-23(3)39(53)46(6)33-34(48)26-11-15-28(16-12-26)56-32-20-25(10-17-31(32)47)19-30(36(50)41-21)45(5)40(33)54;1-22-35(48)42-23(2)38(51)44(4)30(18-25-8-13-28(54-7)14-9-25)37(50)43-24(3)39(52)46(6)32-19-26-10-15-29(16-11-26)55-34-21-27(12-17-33(34)47)20-31(36(49)41-22)45(5)40(32)53/h8-17,20-23,29-30,33-34,47-48H,18-19H2,1-7H3,(H,41,50)(H,42,49)(H,43,51);8-17,21-24,30-32,47H,18-20H2,1-7H3,(H,41,49)(H,42,48)(H,43,50). The van der Waals surface area contributed by atoms with E-state index in [2.05, 4.69) is 31.9 Å². The third kappa shape index (κ3) is 19.6. The zero-order valence-corrected chi connectivity index (χ0v) is 64.3. The van der Waals surface area contributed by atoms with E-state index in [0.29, 0.717) is 50.8 Å². The first-order valence-electron chi connectivity index (χ1n) is 36.1. The molecule has 6 aromatic carbocycles. The number of hydrogen-bond donors (Lipinski definition) is 9. The summed E-state index contributed by atoms with van der Waals surface area (Å²) in [7, 11) is 11.4. The molecule has 111 heavy (non-hydrogen) atoms. The third-order valence-corrected chi connectivity index (χ3v) is 20.4. The van der Waals surface area contributed by atoms with Crippen LogP contribution in [0.2, 0.25) is 0 Å². The van der Waals surface area contributed by atoms with Crippen LogP contribution in [-0.4, -0.2) is 245 Å². The van der Waals surface area contributed by atoms with E-state index in [1.54, 1.807) is 91.0 Å². The van der Waals surface area contributed by atoms with Gasteiger partial charge in [-0.1, -0.05) is 60.7 Å². The summed E-state index contributed by atoms with van der Waals surface area (Å²) in [6.07, 6.45) is -1.71. The van der Waals surface area contributed by atoms with Gasteiger partial charge in [0.05, 0.1) is 14.2 Å². The monoisotopic (exact) mass is 1530 g/mol. The van der Waals surface area contributed by atoms with Gasteiger partial charge >= 0.3 is 0 Å². The quantitative estimate of drug-likeness (QED) is 0.116. The number of carbonyl (C=O) groups is 12. The molecule has 0 aliphatic carbocycles. The van der Waals surface area contributed by atoms with E-state index >= 15 is 0 Å². The molecule has 12 bridgehead atoms. The SMILES string of the molecule is COc1ccc(CC2C(=O)NC(C)C(=O)N(C)C3C(=O)N(C)C(Cc4ccc(O)c(c4)Oc4ccc(cc4)C3O)C(=O)NC(C)C(=O)NC(C)C(=O)N2C)cc1.COc1ccc(CC2C(=O)NC(C)C(=O)N(C)C3Cc4ccc(cc4)Oc4cc(ccc4O)CC(C(=O)NC(C)C(=O)NC(C)C(=O)N2C)N(C)C3=O)cc1. The smallest absolute Gasteiger partial charge is 0.248 e. The lowest BCUT2D eigenvalue weighted by Gasteiger charge is -2.38. The van der Waals surface area contributed by atoms with Crippen LogP contribution in [0.15, 0.2) is 133 Å². The number of ether oxygens (including phenoxy) is 4.